The van der Waals surface area contributed by atoms with Gasteiger partial charge in [0, 0.05) is 39.9 Å². The third-order valence-electron chi connectivity index (χ3n) is 4.48. The summed E-state index contributed by atoms with van der Waals surface area (Å²) in [5.41, 5.74) is 1.33. The summed E-state index contributed by atoms with van der Waals surface area (Å²) in [6, 6.07) is 10.5. The molecule has 1 aliphatic rings. The molecule has 26 heavy (non-hydrogen) atoms. The molecule has 0 aliphatic carbocycles. The Morgan fingerprint density at radius 1 is 1.19 bits per heavy atom. The number of guanidine groups is 1. The van der Waals surface area contributed by atoms with Gasteiger partial charge in [0.15, 0.2) is 5.96 Å². The van der Waals surface area contributed by atoms with Crippen molar-refractivity contribution in [1.82, 2.24) is 10.2 Å². The number of ether oxygens (including phenoxy) is 2. The van der Waals surface area contributed by atoms with E-state index < -0.39 is 0 Å². The average molecular weight is 475 g/mol. The predicted molar refractivity (Wildman–Crippen MR) is 119 cm³/mol. The van der Waals surface area contributed by atoms with Crippen molar-refractivity contribution in [3.8, 4) is 0 Å². The van der Waals surface area contributed by atoms with Gasteiger partial charge in [-0.2, -0.15) is 0 Å². The maximum absolute atomic E-state index is 5.73. The molecule has 0 atom stereocenters. The molecular formula is C20H34IN3O2. The second kappa shape index (κ2) is 14.2. The highest BCUT2D eigenvalue weighted by Gasteiger charge is 2.21. The van der Waals surface area contributed by atoms with Gasteiger partial charge in [-0.05, 0) is 38.2 Å². The predicted octanol–water partition coefficient (Wildman–Crippen LogP) is 3.33. The van der Waals surface area contributed by atoms with Gasteiger partial charge in [0.1, 0.15) is 0 Å². The number of nitrogens with zero attached hydrogens (tertiary/aromatic N) is 2. The van der Waals surface area contributed by atoms with Gasteiger partial charge in [-0.3, -0.25) is 4.99 Å². The van der Waals surface area contributed by atoms with Crippen LogP contribution in [0, 0.1) is 0 Å². The van der Waals surface area contributed by atoms with Crippen molar-refractivity contribution in [2.45, 2.75) is 38.7 Å². The Labute approximate surface area is 175 Å². The van der Waals surface area contributed by atoms with Crippen molar-refractivity contribution < 1.29 is 9.47 Å². The fourth-order valence-corrected chi connectivity index (χ4v) is 3.11. The molecule has 5 nitrogen and oxygen atoms in total. The fraction of sp³-hybridized carbons (Fsp3) is 0.650. The van der Waals surface area contributed by atoms with E-state index in [4.69, 9.17) is 9.47 Å². The van der Waals surface area contributed by atoms with Gasteiger partial charge in [-0.1, -0.05) is 30.3 Å². The minimum Gasteiger partial charge on any atom is -0.381 e. The van der Waals surface area contributed by atoms with E-state index in [0.29, 0.717) is 6.10 Å². The molecular weight excluding hydrogens is 441 g/mol. The number of nitrogens with one attached hydrogen (secondary N) is 1. The zero-order chi connectivity index (χ0) is 17.7. The number of benzene rings is 1. The lowest BCUT2D eigenvalue weighted by Gasteiger charge is -2.34. The molecule has 0 radical (unpaired) electrons. The van der Waals surface area contributed by atoms with E-state index in [1.807, 2.05) is 13.1 Å². The van der Waals surface area contributed by atoms with Crippen LogP contribution in [0.2, 0.25) is 0 Å². The van der Waals surface area contributed by atoms with Gasteiger partial charge >= 0.3 is 0 Å². The van der Waals surface area contributed by atoms with Crippen LogP contribution in [0.4, 0.5) is 0 Å². The Morgan fingerprint density at radius 2 is 1.92 bits per heavy atom. The number of likely N-dealkylation sites (tertiary alicyclic amines) is 1. The highest BCUT2D eigenvalue weighted by molar-refractivity contribution is 14.0. The first-order chi connectivity index (χ1) is 12.3. The number of hydrogen-bond acceptors (Lipinski definition) is 3. The van der Waals surface area contributed by atoms with Crippen molar-refractivity contribution in [3.05, 3.63) is 35.9 Å². The third kappa shape index (κ3) is 8.68. The first-order valence-corrected chi connectivity index (χ1v) is 9.52. The van der Waals surface area contributed by atoms with Crippen LogP contribution in [0.5, 0.6) is 0 Å². The molecule has 1 N–H and O–H groups in total. The van der Waals surface area contributed by atoms with Crippen LogP contribution in [0.3, 0.4) is 0 Å². The molecule has 1 heterocycles. The van der Waals surface area contributed by atoms with E-state index in [1.54, 1.807) is 0 Å². The summed E-state index contributed by atoms with van der Waals surface area (Å²) in [5.74, 6) is 0.999. The van der Waals surface area contributed by atoms with Gasteiger partial charge in [-0.15, -0.1) is 24.0 Å². The molecule has 6 heteroatoms. The van der Waals surface area contributed by atoms with E-state index in [9.17, 15) is 0 Å². The molecule has 148 valence electrons. The SMILES string of the molecule is CCOC1CCN(C(=NC)NCCCOCCc2ccccc2)CC1.I. The summed E-state index contributed by atoms with van der Waals surface area (Å²) in [5, 5.41) is 3.45. The smallest absolute Gasteiger partial charge is 0.193 e. The molecule has 1 fully saturated rings. The lowest BCUT2D eigenvalue weighted by atomic mass is 10.1. The molecule has 0 saturated carbocycles. The molecule has 0 spiro atoms. The van der Waals surface area contributed by atoms with Crippen LogP contribution in [0.25, 0.3) is 0 Å². The summed E-state index contributed by atoms with van der Waals surface area (Å²) in [6.07, 6.45) is 4.54. The summed E-state index contributed by atoms with van der Waals surface area (Å²) < 4.78 is 11.4. The van der Waals surface area contributed by atoms with Crippen LogP contribution in [-0.2, 0) is 15.9 Å². The van der Waals surface area contributed by atoms with Gasteiger partial charge < -0.3 is 19.7 Å². The van der Waals surface area contributed by atoms with Crippen molar-refractivity contribution in [2.75, 3.05) is 46.5 Å². The summed E-state index contributed by atoms with van der Waals surface area (Å²) >= 11 is 0. The Morgan fingerprint density at radius 3 is 2.58 bits per heavy atom. The quantitative estimate of drug-likeness (QED) is 0.258. The largest absolute Gasteiger partial charge is 0.381 e. The van der Waals surface area contributed by atoms with Gasteiger partial charge in [0.25, 0.3) is 0 Å². The van der Waals surface area contributed by atoms with E-state index in [0.717, 1.165) is 71.1 Å². The summed E-state index contributed by atoms with van der Waals surface area (Å²) in [6.45, 7) is 7.35. The molecule has 0 amide bonds. The highest BCUT2D eigenvalue weighted by atomic mass is 127. The number of halogens is 1. The maximum Gasteiger partial charge on any atom is 0.193 e. The van der Waals surface area contributed by atoms with E-state index in [1.165, 1.54) is 5.56 Å². The zero-order valence-corrected chi connectivity index (χ0v) is 18.5. The Hall–Kier alpha value is -0.860. The van der Waals surface area contributed by atoms with E-state index in [-0.39, 0.29) is 24.0 Å². The second-order valence-corrected chi connectivity index (χ2v) is 6.32. The maximum atomic E-state index is 5.73. The minimum absolute atomic E-state index is 0. The highest BCUT2D eigenvalue weighted by Crippen LogP contribution is 2.13. The fourth-order valence-electron chi connectivity index (χ4n) is 3.11. The zero-order valence-electron chi connectivity index (χ0n) is 16.2. The number of piperidine rings is 1. The Bertz CT molecular complexity index is 491. The van der Waals surface area contributed by atoms with Crippen LogP contribution < -0.4 is 5.32 Å². The average Bonchev–Trinajstić information content (AvgIpc) is 2.66. The second-order valence-electron chi connectivity index (χ2n) is 6.32. The van der Waals surface area contributed by atoms with Crippen LogP contribution in [0.15, 0.2) is 35.3 Å². The van der Waals surface area contributed by atoms with Crippen molar-refractivity contribution in [2.24, 2.45) is 4.99 Å². The molecule has 0 unspecified atom stereocenters. The topological polar surface area (TPSA) is 46.1 Å². The molecule has 0 aromatic heterocycles. The molecule has 1 aliphatic heterocycles. The monoisotopic (exact) mass is 475 g/mol. The molecule has 2 rings (SSSR count). The molecule has 1 aromatic carbocycles. The molecule has 1 aromatic rings. The van der Waals surface area contributed by atoms with E-state index in [2.05, 4.69) is 46.4 Å². The first kappa shape index (κ1) is 23.2. The van der Waals surface area contributed by atoms with Gasteiger partial charge in [0.2, 0.25) is 0 Å². The van der Waals surface area contributed by atoms with Crippen molar-refractivity contribution in [3.63, 3.8) is 0 Å². The van der Waals surface area contributed by atoms with Crippen molar-refractivity contribution >= 4 is 29.9 Å². The minimum atomic E-state index is 0. The van der Waals surface area contributed by atoms with Crippen LogP contribution >= 0.6 is 24.0 Å². The van der Waals surface area contributed by atoms with E-state index >= 15 is 0 Å². The Balaban J connectivity index is 0.00000338. The standard InChI is InChI=1S/C20H33N3O2.HI/c1-3-25-19-10-14-23(15-11-19)20(21-2)22-13-7-16-24-17-12-18-8-5-4-6-9-18;/h4-6,8-9,19H,3,7,10-17H2,1-2H3,(H,21,22);1H. The summed E-state index contributed by atoms with van der Waals surface area (Å²) in [7, 11) is 1.85. The number of aliphatic imine (C=N–C) groups is 1. The Kier molecular flexibility index (Phi) is 12.7. The van der Waals surface area contributed by atoms with Crippen LogP contribution in [-0.4, -0.2) is 63.5 Å². The lowest BCUT2D eigenvalue weighted by molar-refractivity contribution is 0.0263. The lowest BCUT2D eigenvalue weighted by Crippen LogP contribution is -2.47. The number of rotatable bonds is 9. The first-order valence-electron chi connectivity index (χ1n) is 9.52. The third-order valence-corrected chi connectivity index (χ3v) is 4.48. The number of hydrogen-bond donors (Lipinski definition) is 1. The normalized spacial score (nSPS) is 15.6. The molecule has 0 bridgehead atoms. The molecule has 1 saturated heterocycles. The van der Waals surface area contributed by atoms with Gasteiger partial charge in [0.05, 0.1) is 12.7 Å². The van der Waals surface area contributed by atoms with Crippen molar-refractivity contribution in [1.29, 1.82) is 0 Å². The van der Waals surface area contributed by atoms with Crippen LogP contribution in [0.1, 0.15) is 31.7 Å². The van der Waals surface area contributed by atoms with Gasteiger partial charge in [-0.25, -0.2) is 0 Å². The summed E-state index contributed by atoms with van der Waals surface area (Å²) in [4.78, 5) is 6.73.